The number of piperidine rings is 2. The van der Waals surface area contributed by atoms with Gasteiger partial charge in [0.25, 0.3) is 0 Å². The van der Waals surface area contributed by atoms with Crippen molar-refractivity contribution in [2.24, 2.45) is 5.92 Å². The van der Waals surface area contributed by atoms with Gasteiger partial charge < -0.3 is 4.90 Å². The van der Waals surface area contributed by atoms with E-state index in [4.69, 9.17) is 0 Å². The molecule has 2 heterocycles. The standard InChI is InChI=1S/C20H25N/c1-2-7-16(8-3-1)13-17-14-19-11-6-12-20(15-17)21(19)18-9-4-5-10-18/h1-5,7-9,17,19-20H,6,10-15H2/t17?,19-,20+. The second-order valence-corrected chi connectivity index (χ2v) is 6.96. The van der Waals surface area contributed by atoms with Gasteiger partial charge in [0.05, 0.1) is 0 Å². The summed E-state index contributed by atoms with van der Waals surface area (Å²) in [7, 11) is 0. The Morgan fingerprint density at radius 1 is 1.00 bits per heavy atom. The van der Waals surface area contributed by atoms with Gasteiger partial charge in [-0.25, -0.2) is 0 Å². The fourth-order valence-electron chi connectivity index (χ4n) is 4.70. The Morgan fingerprint density at radius 3 is 2.43 bits per heavy atom. The number of fused-ring (bicyclic) bond motifs is 2. The van der Waals surface area contributed by atoms with E-state index < -0.39 is 0 Å². The molecular weight excluding hydrogens is 254 g/mol. The third-order valence-electron chi connectivity index (χ3n) is 5.52. The van der Waals surface area contributed by atoms with Crippen LogP contribution in [0.2, 0.25) is 0 Å². The molecule has 1 aromatic rings. The van der Waals surface area contributed by atoms with Crippen molar-refractivity contribution in [1.29, 1.82) is 0 Å². The molecular formula is C20H25N. The van der Waals surface area contributed by atoms with Crippen LogP contribution in [0.25, 0.3) is 0 Å². The molecule has 0 aromatic heterocycles. The molecule has 110 valence electrons. The Bertz CT molecular complexity index is 528. The lowest BCUT2D eigenvalue weighted by molar-refractivity contribution is 0.0423. The molecule has 2 aliphatic heterocycles. The molecule has 0 N–H and O–H groups in total. The van der Waals surface area contributed by atoms with Crippen LogP contribution in [0.5, 0.6) is 0 Å². The Kier molecular flexibility index (Phi) is 3.58. The van der Waals surface area contributed by atoms with Crippen molar-refractivity contribution in [3.63, 3.8) is 0 Å². The summed E-state index contributed by atoms with van der Waals surface area (Å²) >= 11 is 0. The molecule has 2 fully saturated rings. The molecule has 21 heavy (non-hydrogen) atoms. The van der Waals surface area contributed by atoms with Crippen LogP contribution in [0.4, 0.5) is 0 Å². The Hall–Kier alpha value is -1.50. The van der Waals surface area contributed by atoms with Crippen molar-refractivity contribution in [2.45, 2.75) is 57.0 Å². The molecule has 1 aromatic carbocycles. The van der Waals surface area contributed by atoms with Gasteiger partial charge in [0.15, 0.2) is 0 Å². The highest BCUT2D eigenvalue weighted by molar-refractivity contribution is 5.25. The van der Waals surface area contributed by atoms with Crippen molar-refractivity contribution < 1.29 is 0 Å². The minimum atomic E-state index is 0.803. The average Bonchev–Trinajstić information content (AvgIpc) is 3.01. The predicted octanol–water partition coefficient (Wildman–Crippen LogP) is 4.71. The summed E-state index contributed by atoms with van der Waals surface area (Å²) in [4.78, 5) is 2.80. The van der Waals surface area contributed by atoms with Crippen LogP contribution in [0, 0.1) is 5.92 Å². The number of benzene rings is 1. The molecule has 0 amide bonds. The van der Waals surface area contributed by atoms with Crippen LogP contribution >= 0.6 is 0 Å². The number of nitrogens with zero attached hydrogens (tertiary/aromatic N) is 1. The summed E-state index contributed by atoms with van der Waals surface area (Å²) in [5.41, 5.74) is 3.11. The second kappa shape index (κ2) is 5.71. The van der Waals surface area contributed by atoms with E-state index in [1.807, 2.05) is 0 Å². The van der Waals surface area contributed by atoms with Crippen LogP contribution in [-0.4, -0.2) is 17.0 Å². The maximum atomic E-state index is 2.80. The summed E-state index contributed by atoms with van der Waals surface area (Å²) in [5, 5.41) is 0. The first kappa shape index (κ1) is 13.2. The predicted molar refractivity (Wildman–Crippen MR) is 88.0 cm³/mol. The van der Waals surface area contributed by atoms with Crippen molar-refractivity contribution in [1.82, 2.24) is 4.90 Å². The van der Waals surface area contributed by atoms with E-state index in [9.17, 15) is 0 Å². The smallest absolute Gasteiger partial charge is 0.0292 e. The minimum absolute atomic E-state index is 0.803. The van der Waals surface area contributed by atoms with E-state index in [1.54, 1.807) is 5.70 Å². The largest absolute Gasteiger partial charge is 0.369 e. The summed E-state index contributed by atoms with van der Waals surface area (Å²) in [5.74, 6) is 0.883. The number of allylic oxidation sites excluding steroid dienone is 3. The molecule has 1 nitrogen and oxygen atoms in total. The van der Waals surface area contributed by atoms with Gasteiger partial charge in [-0.05, 0) is 56.1 Å². The van der Waals surface area contributed by atoms with Crippen LogP contribution < -0.4 is 0 Å². The van der Waals surface area contributed by atoms with E-state index in [-0.39, 0.29) is 0 Å². The first-order chi connectivity index (χ1) is 10.4. The summed E-state index contributed by atoms with van der Waals surface area (Å²) in [6, 6.07) is 12.7. The van der Waals surface area contributed by atoms with Crippen molar-refractivity contribution >= 4 is 0 Å². The van der Waals surface area contributed by atoms with E-state index in [1.165, 1.54) is 44.1 Å². The molecule has 1 unspecified atom stereocenters. The molecule has 1 heteroatoms. The zero-order valence-corrected chi connectivity index (χ0v) is 12.7. The summed E-state index contributed by atoms with van der Waals surface area (Å²) in [6.07, 6.45) is 16.4. The molecule has 0 spiro atoms. The van der Waals surface area contributed by atoms with Gasteiger partial charge in [-0.2, -0.15) is 0 Å². The van der Waals surface area contributed by atoms with E-state index >= 15 is 0 Å². The lowest BCUT2D eigenvalue weighted by atomic mass is 9.76. The average molecular weight is 279 g/mol. The third-order valence-corrected chi connectivity index (χ3v) is 5.52. The lowest BCUT2D eigenvalue weighted by Crippen LogP contribution is -2.51. The van der Waals surface area contributed by atoms with Crippen LogP contribution in [0.3, 0.4) is 0 Å². The first-order valence-corrected chi connectivity index (χ1v) is 8.58. The van der Waals surface area contributed by atoms with Crippen LogP contribution in [0.1, 0.15) is 44.1 Å². The first-order valence-electron chi connectivity index (χ1n) is 8.58. The van der Waals surface area contributed by atoms with Gasteiger partial charge in [0, 0.05) is 24.2 Å². The SMILES string of the molecule is C1=CCC(N2[C@@H]3CCC[C@H]2CC(Cc2ccccc2)C3)=C1. The quantitative estimate of drug-likeness (QED) is 0.774. The lowest BCUT2D eigenvalue weighted by Gasteiger charge is -2.51. The van der Waals surface area contributed by atoms with Crippen molar-refractivity contribution in [2.75, 3.05) is 0 Å². The molecule has 4 rings (SSSR count). The normalized spacial score (nSPS) is 31.3. The van der Waals surface area contributed by atoms with Gasteiger partial charge in [-0.3, -0.25) is 0 Å². The topological polar surface area (TPSA) is 3.24 Å². The van der Waals surface area contributed by atoms with Gasteiger partial charge in [-0.1, -0.05) is 42.5 Å². The maximum Gasteiger partial charge on any atom is 0.0292 e. The monoisotopic (exact) mass is 279 g/mol. The summed E-state index contributed by atoms with van der Waals surface area (Å²) < 4.78 is 0. The minimum Gasteiger partial charge on any atom is -0.369 e. The fourth-order valence-corrected chi connectivity index (χ4v) is 4.70. The Labute approximate surface area is 128 Å². The van der Waals surface area contributed by atoms with Gasteiger partial charge in [0.1, 0.15) is 0 Å². The fraction of sp³-hybridized carbons (Fsp3) is 0.500. The van der Waals surface area contributed by atoms with Gasteiger partial charge >= 0.3 is 0 Å². The van der Waals surface area contributed by atoms with Crippen LogP contribution in [-0.2, 0) is 6.42 Å². The zero-order chi connectivity index (χ0) is 14.1. The third kappa shape index (κ3) is 2.66. The highest BCUT2D eigenvalue weighted by atomic mass is 15.2. The van der Waals surface area contributed by atoms with Crippen molar-refractivity contribution in [3.05, 3.63) is 59.8 Å². The Morgan fingerprint density at radius 2 is 1.76 bits per heavy atom. The molecule has 3 aliphatic rings. The zero-order valence-electron chi connectivity index (χ0n) is 12.7. The molecule has 0 saturated carbocycles. The molecule has 3 atom stereocenters. The molecule has 0 radical (unpaired) electrons. The molecule has 2 bridgehead atoms. The number of hydrogen-bond donors (Lipinski definition) is 0. The van der Waals surface area contributed by atoms with E-state index in [0.717, 1.165) is 24.4 Å². The van der Waals surface area contributed by atoms with Gasteiger partial charge in [-0.15, -0.1) is 0 Å². The summed E-state index contributed by atoms with van der Waals surface area (Å²) in [6.45, 7) is 0. The second-order valence-electron chi connectivity index (χ2n) is 6.96. The maximum absolute atomic E-state index is 2.80. The highest BCUT2D eigenvalue weighted by Crippen LogP contribution is 2.41. The van der Waals surface area contributed by atoms with Crippen LogP contribution in [0.15, 0.2) is 54.3 Å². The molecule has 2 saturated heterocycles. The number of rotatable bonds is 3. The molecule has 1 aliphatic carbocycles. The van der Waals surface area contributed by atoms with Gasteiger partial charge in [0.2, 0.25) is 0 Å². The Balaban J connectivity index is 1.48. The number of hydrogen-bond acceptors (Lipinski definition) is 1. The van der Waals surface area contributed by atoms with E-state index in [2.05, 4.69) is 53.5 Å². The highest BCUT2D eigenvalue weighted by Gasteiger charge is 2.38. The van der Waals surface area contributed by atoms with E-state index in [0.29, 0.717) is 0 Å². The van der Waals surface area contributed by atoms with Crippen molar-refractivity contribution in [3.8, 4) is 0 Å².